The highest BCUT2D eigenvalue weighted by atomic mass is 35.5. The average molecular weight is 243 g/mol. The Labute approximate surface area is 102 Å². The first-order valence-electron chi connectivity index (χ1n) is 5.74. The summed E-state index contributed by atoms with van der Waals surface area (Å²) in [5.41, 5.74) is 0.858. The molecule has 0 bridgehead atoms. The lowest BCUT2D eigenvalue weighted by molar-refractivity contribution is -0.0384. The summed E-state index contributed by atoms with van der Waals surface area (Å²) in [6, 6.07) is 7.26. The van der Waals surface area contributed by atoms with Gasteiger partial charge in [0.05, 0.1) is 6.10 Å². The number of benzene rings is 1. The molecule has 3 heteroatoms. The second-order valence-electron chi connectivity index (χ2n) is 3.78. The lowest BCUT2D eigenvalue weighted by atomic mass is 10.0. The molecule has 2 atom stereocenters. The Morgan fingerprint density at radius 1 is 1.25 bits per heavy atom. The van der Waals surface area contributed by atoms with E-state index in [1.807, 2.05) is 19.1 Å². The summed E-state index contributed by atoms with van der Waals surface area (Å²) < 4.78 is 5.55. The minimum Gasteiger partial charge on any atom is -0.386 e. The summed E-state index contributed by atoms with van der Waals surface area (Å²) in [6.07, 6.45) is 1.15. The van der Waals surface area contributed by atoms with E-state index < -0.39 is 6.10 Å². The highest BCUT2D eigenvalue weighted by molar-refractivity contribution is 6.30. The van der Waals surface area contributed by atoms with E-state index in [1.165, 1.54) is 0 Å². The molecule has 0 aliphatic carbocycles. The Kier molecular flexibility index (Phi) is 5.81. The summed E-state index contributed by atoms with van der Waals surface area (Å²) in [4.78, 5) is 0. The zero-order valence-electron chi connectivity index (χ0n) is 9.82. The second kappa shape index (κ2) is 6.89. The molecule has 0 radical (unpaired) electrons. The fourth-order valence-electron chi connectivity index (χ4n) is 1.71. The Morgan fingerprint density at radius 2 is 1.88 bits per heavy atom. The van der Waals surface area contributed by atoms with Crippen molar-refractivity contribution in [1.82, 2.24) is 0 Å². The van der Waals surface area contributed by atoms with E-state index in [0.717, 1.165) is 18.4 Å². The summed E-state index contributed by atoms with van der Waals surface area (Å²) in [6.45, 7) is 4.65. The van der Waals surface area contributed by atoms with Gasteiger partial charge in [0.2, 0.25) is 0 Å². The summed E-state index contributed by atoms with van der Waals surface area (Å²) in [5, 5.41) is 10.8. The van der Waals surface area contributed by atoms with Crippen molar-refractivity contribution in [3.63, 3.8) is 0 Å². The van der Waals surface area contributed by atoms with Crippen LogP contribution in [0.5, 0.6) is 0 Å². The Balaban J connectivity index is 2.72. The maximum atomic E-state index is 10.2. The minimum atomic E-state index is -0.572. The molecule has 0 heterocycles. The lowest BCUT2D eigenvalue weighted by Crippen LogP contribution is -2.22. The van der Waals surface area contributed by atoms with Gasteiger partial charge in [0.1, 0.15) is 6.10 Å². The second-order valence-corrected chi connectivity index (χ2v) is 4.22. The SMILES string of the molecule is CCCC(OCC)C(O)c1ccc(Cl)cc1. The van der Waals surface area contributed by atoms with Crippen molar-refractivity contribution in [3.05, 3.63) is 34.9 Å². The van der Waals surface area contributed by atoms with Crippen molar-refractivity contribution >= 4 is 11.6 Å². The third-order valence-electron chi connectivity index (χ3n) is 2.52. The van der Waals surface area contributed by atoms with Gasteiger partial charge in [-0.1, -0.05) is 37.1 Å². The zero-order chi connectivity index (χ0) is 12.0. The quantitative estimate of drug-likeness (QED) is 0.826. The van der Waals surface area contributed by atoms with Gasteiger partial charge >= 0.3 is 0 Å². The van der Waals surface area contributed by atoms with Crippen LogP contribution in [0.2, 0.25) is 5.02 Å². The average Bonchev–Trinajstić information content (AvgIpc) is 2.29. The van der Waals surface area contributed by atoms with Crippen molar-refractivity contribution in [1.29, 1.82) is 0 Å². The summed E-state index contributed by atoms with van der Waals surface area (Å²) >= 11 is 5.81. The monoisotopic (exact) mass is 242 g/mol. The van der Waals surface area contributed by atoms with E-state index in [2.05, 4.69) is 6.92 Å². The molecule has 16 heavy (non-hydrogen) atoms. The van der Waals surface area contributed by atoms with Crippen LogP contribution in [0.4, 0.5) is 0 Å². The number of hydrogen-bond acceptors (Lipinski definition) is 2. The number of ether oxygens (including phenoxy) is 1. The third-order valence-corrected chi connectivity index (χ3v) is 2.77. The molecule has 2 unspecified atom stereocenters. The molecule has 0 amide bonds. The summed E-state index contributed by atoms with van der Waals surface area (Å²) in [5.74, 6) is 0. The van der Waals surface area contributed by atoms with Crippen molar-refractivity contribution in [2.24, 2.45) is 0 Å². The van der Waals surface area contributed by atoms with Crippen LogP contribution in [-0.2, 0) is 4.74 Å². The number of aliphatic hydroxyl groups excluding tert-OH is 1. The predicted octanol–water partition coefficient (Wildman–Crippen LogP) is 3.58. The molecular weight excluding hydrogens is 224 g/mol. The van der Waals surface area contributed by atoms with Crippen LogP contribution in [0.3, 0.4) is 0 Å². The normalized spacial score (nSPS) is 14.8. The van der Waals surface area contributed by atoms with Gasteiger partial charge in [0, 0.05) is 11.6 Å². The van der Waals surface area contributed by atoms with E-state index in [1.54, 1.807) is 12.1 Å². The highest BCUT2D eigenvalue weighted by Crippen LogP contribution is 2.23. The predicted molar refractivity (Wildman–Crippen MR) is 66.7 cm³/mol. The molecule has 1 rings (SSSR count). The molecule has 1 aromatic rings. The zero-order valence-corrected chi connectivity index (χ0v) is 10.6. The molecule has 2 nitrogen and oxygen atoms in total. The molecule has 0 saturated heterocycles. The van der Waals surface area contributed by atoms with E-state index in [4.69, 9.17) is 16.3 Å². The third kappa shape index (κ3) is 3.78. The molecule has 0 fully saturated rings. The van der Waals surface area contributed by atoms with Crippen LogP contribution < -0.4 is 0 Å². The first kappa shape index (κ1) is 13.5. The van der Waals surface area contributed by atoms with Gasteiger partial charge < -0.3 is 9.84 Å². The number of aliphatic hydroxyl groups is 1. The fraction of sp³-hybridized carbons (Fsp3) is 0.538. The summed E-state index contributed by atoms with van der Waals surface area (Å²) in [7, 11) is 0. The van der Waals surface area contributed by atoms with Gasteiger partial charge in [-0.3, -0.25) is 0 Å². The largest absolute Gasteiger partial charge is 0.386 e. The van der Waals surface area contributed by atoms with Gasteiger partial charge in [0.15, 0.2) is 0 Å². The molecule has 0 saturated carbocycles. The van der Waals surface area contributed by atoms with Gasteiger partial charge in [-0.25, -0.2) is 0 Å². The van der Waals surface area contributed by atoms with Crippen LogP contribution in [0.15, 0.2) is 24.3 Å². The highest BCUT2D eigenvalue weighted by Gasteiger charge is 2.20. The van der Waals surface area contributed by atoms with Crippen molar-refractivity contribution in [3.8, 4) is 0 Å². The first-order valence-corrected chi connectivity index (χ1v) is 6.12. The van der Waals surface area contributed by atoms with E-state index in [-0.39, 0.29) is 6.10 Å². The van der Waals surface area contributed by atoms with E-state index in [9.17, 15) is 5.11 Å². The smallest absolute Gasteiger partial charge is 0.105 e. The first-order chi connectivity index (χ1) is 7.69. The molecule has 0 aliphatic heterocycles. The Bertz CT molecular complexity index is 291. The molecule has 0 aromatic heterocycles. The number of halogens is 1. The van der Waals surface area contributed by atoms with Crippen LogP contribution >= 0.6 is 11.6 Å². The molecule has 1 aromatic carbocycles. The fourth-order valence-corrected chi connectivity index (χ4v) is 1.83. The van der Waals surface area contributed by atoms with E-state index >= 15 is 0 Å². The molecule has 90 valence electrons. The van der Waals surface area contributed by atoms with Gasteiger partial charge in [-0.05, 0) is 31.0 Å². The van der Waals surface area contributed by atoms with E-state index in [0.29, 0.717) is 11.6 Å². The molecule has 0 spiro atoms. The maximum absolute atomic E-state index is 10.2. The topological polar surface area (TPSA) is 29.5 Å². The van der Waals surface area contributed by atoms with Crippen LogP contribution in [-0.4, -0.2) is 17.8 Å². The van der Waals surface area contributed by atoms with Crippen molar-refractivity contribution < 1.29 is 9.84 Å². The maximum Gasteiger partial charge on any atom is 0.105 e. The standard InChI is InChI=1S/C13H19ClO2/c1-3-5-12(16-4-2)13(15)10-6-8-11(14)9-7-10/h6-9,12-13,15H,3-5H2,1-2H3. The number of hydrogen-bond donors (Lipinski definition) is 1. The van der Waals surface area contributed by atoms with Crippen LogP contribution in [0.25, 0.3) is 0 Å². The lowest BCUT2D eigenvalue weighted by Gasteiger charge is -2.22. The van der Waals surface area contributed by atoms with Crippen molar-refractivity contribution in [2.75, 3.05) is 6.61 Å². The van der Waals surface area contributed by atoms with Crippen LogP contribution in [0.1, 0.15) is 38.4 Å². The molecular formula is C13H19ClO2. The Morgan fingerprint density at radius 3 is 2.38 bits per heavy atom. The number of rotatable bonds is 6. The molecule has 0 aliphatic rings. The molecule has 1 N–H and O–H groups in total. The van der Waals surface area contributed by atoms with Gasteiger partial charge in [-0.15, -0.1) is 0 Å². The van der Waals surface area contributed by atoms with Gasteiger partial charge in [-0.2, -0.15) is 0 Å². The minimum absolute atomic E-state index is 0.129. The Hall–Kier alpha value is -0.570. The van der Waals surface area contributed by atoms with Gasteiger partial charge in [0.25, 0.3) is 0 Å². The van der Waals surface area contributed by atoms with Crippen molar-refractivity contribution in [2.45, 2.75) is 38.9 Å². The van der Waals surface area contributed by atoms with Crippen LogP contribution in [0, 0.1) is 0 Å².